The van der Waals surface area contributed by atoms with Gasteiger partial charge in [0.1, 0.15) is 5.82 Å². The maximum absolute atomic E-state index is 13.4. The van der Waals surface area contributed by atoms with E-state index in [0.717, 1.165) is 23.3 Å². The number of amides is 1. The van der Waals surface area contributed by atoms with E-state index < -0.39 is 23.5 Å². The predicted octanol–water partition coefficient (Wildman–Crippen LogP) is 3.72. The lowest BCUT2D eigenvalue weighted by molar-refractivity contribution is -0.137. The van der Waals surface area contributed by atoms with Crippen LogP contribution >= 0.6 is 0 Å². The van der Waals surface area contributed by atoms with Crippen molar-refractivity contribution < 1.29 is 22.4 Å². The number of benzene rings is 2. The van der Waals surface area contributed by atoms with Crippen LogP contribution in [0, 0.1) is 12.7 Å². The molecule has 0 radical (unpaired) electrons. The van der Waals surface area contributed by atoms with Gasteiger partial charge in [-0.2, -0.15) is 13.2 Å². The number of nitrogens with one attached hydrogen (secondary N) is 1. The van der Waals surface area contributed by atoms with Crippen LogP contribution in [0.1, 0.15) is 32.7 Å². The number of aromatic nitrogens is 3. The van der Waals surface area contributed by atoms with Crippen molar-refractivity contribution in [1.82, 2.24) is 20.3 Å². The Labute approximate surface area is 158 Å². The summed E-state index contributed by atoms with van der Waals surface area (Å²) in [6, 6.07) is 9.81. The molecule has 0 bridgehead atoms. The molecule has 0 saturated heterocycles. The Bertz CT molecular complexity index is 998. The van der Waals surface area contributed by atoms with Crippen LogP contribution in [0.3, 0.4) is 0 Å². The Hall–Kier alpha value is -3.23. The Kier molecular flexibility index (Phi) is 5.43. The van der Waals surface area contributed by atoms with E-state index in [0.29, 0.717) is 12.6 Å². The van der Waals surface area contributed by atoms with Crippen LogP contribution in [0.25, 0.3) is 0 Å². The standard InChI is InChI=1S/C19H16F4N4O/c1-12-4-2-3-5-14(12)10-27-11-17(25-26-27)18(28)24-9-13-6-15(19(21,22)23)8-16(20)7-13/h2-8,11H,9-10H2,1H3,(H,24,28). The van der Waals surface area contributed by atoms with Gasteiger partial charge in [-0.25, -0.2) is 9.07 Å². The summed E-state index contributed by atoms with van der Waals surface area (Å²) >= 11 is 0. The molecule has 1 aromatic heterocycles. The molecule has 0 spiro atoms. The van der Waals surface area contributed by atoms with Crippen molar-refractivity contribution in [2.45, 2.75) is 26.2 Å². The second-order valence-corrected chi connectivity index (χ2v) is 6.26. The Morgan fingerprint density at radius 2 is 1.93 bits per heavy atom. The molecule has 1 N–H and O–H groups in total. The lowest BCUT2D eigenvalue weighted by atomic mass is 10.1. The Balaban J connectivity index is 1.66. The fraction of sp³-hybridized carbons (Fsp3) is 0.211. The van der Waals surface area contributed by atoms with Gasteiger partial charge in [-0.05, 0) is 41.8 Å². The maximum atomic E-state index is 13.4. The number of carbonyl (C=O) groups excluding carboxylic acids is 1. The van der Waals surface area contributed by atoms with Gasteiger partial charge in [0, 0.05) is 6.54 Å². The van der Waals surface area contributed by atoms with Gasteiger partial charge in [0.2, 0.25) is 0 Å². The molecule has 9 heteroatoms. The smallest absolute Gasteiger partial charge is 0.347 e. The first kappa shape index (κ1) is 19.5. The van der Waals surface area contributed by atoms with Crippen molar-refractivity contribution in [2.75, 3.05) is 0 Å². The third-order valence-corrected chi connectivity index (χ3v) is 4.10. The maximum Gasteiger partial charge on any atom is 0.416 e. The fourth-order valence-electron chi connectivity index (χ4n) is 2.63. The van der Waals surface area contributed by atoms with E-state index in [1.54, 1.807) is 0 Å². The van der Waals surface area contributed by atoms with Crippen molar-refractivity contribution in [3.8, 4) is 0 Å². The molecule has 2 aromatic carbocycles. The largest absolute Gasteiger partial charge is 0.416 e. The van der Waals surface area contributed by atoms with Crippen molar-refractivity contribution in [3.05, 3.63) is 82.4 Å². The Morgan fingerprint density at radius 3 is 2.64 bits per heavy atom. The number of alkyl halides is 3. The van der Waals surface area contributed by atoms with Crippen LogP contribution in [0.5, 0.6) is 0 Å². The topological polar surface area (TPSA) is 59.8 Å². The first-order valence-corrected chi connectivity index (χ1v) is 8.32. The summed E-state index contributed by atoms with van der Waals surface area (Å²) in [6.45, 7) is 2.10. The molecule has 0 atom stereocenters. The fourth-order valence-corrected chi connectivity index (χ4v) is 2.63. The quantitative estimate of drug-likeness (QED) is 0.674. The molecule has 0 aliphatic rings. The number of rotatable bonds is 5. The van der Waals surface area contributed by atoms with Crippen molar-refractivity contribution in [1.29, 1.82) is 0 Å². The minimum absolute atomic E-state index is 0.00650. The zero-order chi connectivity index (χ0) is 20.3. The number of nitrogens with zero attached hydrogens (tertiary/aromatic N) is 3. The van der Waals surface area contributed by atoms with Gasteiger partial charge >= 0.3 is 6.18 Å². The van der Waals surface area contributed by atoms with E-state index in [4.69, 9.17) is 0 Å². The molecule has 3 aromatic rings. The van der Waals surface area contributed by atoms with Gasteiger partial charge in [0.25, 0.3) is 5.91 Å². The van der Waals surface area contributed by atoms with Gasteiger partial charge in [-0.1, -0.05) is 29.5 Å². The molecule has 1 amide bonds. The normalized spacial score (nSPS) is 11.5. The predicted molar refractivity (Wildman–Crippen MR) is 92.9 cm³/mol. The van der Waals surface area contributed by atoms with Crippen LogP contribution in [0.15, 0.2) is 48.7 Å². The van der Waals surface area contributed by atoms with Crippen LogP contribution in [0.2, 0.25) is 0 Å². The highest BCUT2D eigenvalue weighted by Gasteiger charge is 2.31. The molecule has 1 heterocycles. The van der Waals surface area contributed by atoms with Gasteiger partial charge < -0.3 is 5.32 Å². The van der Waals surface area contributed by atoms with Crippen molar-refractivity contribution in [3.63, 3.8) is 0 Å². The van der Waals surface area contributed by atoms with E-state index in [-0.39, 0.29) is 17.8 Å². The molecule has 146 valence electrons. The van der Waals surface area contributed by atoms with Gasteiger partial charge in [-0.15, -0.1) is 5.10 Å². The SMILES string of the molecule is Cc1ccccc1Cn1cc(C(=O)NCc2cc(F)cc(C(F)(F)F)c2)nn1. The second kappa shape index (κ2) is 7.79. The van der Waals surface area contributed by atoms with E-state index in [9.17, 15) is 22.4 Å². The van der Waals surface area contributed by atoms with Crippen LogP contribution in [-0.2, 0) is 19.3 Å². The molecule has 28 heavy (non-hydrogen) atoms. The lowest BCUT2D eigenvalue weighted by Crippen LogP contribution is -2.23. The summed E-state index contributed by atoms with van der Waals surface area (Å²) in [7, 11) is 0. The molecule has 5 nitrogen and oxygen atoms in total. The van der Waals surface area contributed by atoms with Crippen molar-refractivity contribution in [2.24, 2.45) is 0 Å². The molecule has 0 aliphatic heterocycles. The summed E-state index contributed by atoms with van der Waals surface area (Å²) in [5, 5.41) is 10.1. The zero-order valence-electron chi connectivity index (χ0n) is 14.8. The Morgan fingerprint density at radius 1 is 1.18 bits per heavy atom. The van der Waals surface area contributed by atoms with Gasteiger partial charge in [-0.3, -0.25) is 4.79 Å². The average molecular weight is 392 g/mol. The number of halogens is 4. The highest BCUT2D eigenvalue weighted by atomic mass is 19.4. The zero-order valence-corrected chi connectivity index (χ0v) is 14.8. The monoisotopic (exact) mass is 392 g/mol. The number of hydrogen-bond acceptors (Lipinski definition) is 3. The molecule has 0 saturated carbocycles. The van der Waals surface area contributed by atoms with Gasteiger partial charge in [0.15, 0.2) is 5.69 Å². The highest BCUT2D eigenvalue weighted by molar-refractivity contribution is 5.91. The molecular formula is C19H16F4N4O. The van der Waals surface area contributed by atoms with Gasteiger partial charge in [0.05, 0.1) is 18.3 Å². The van der Waals surface area contributed by atoms with E-state index >= 15 is 0 Å². The second-order valence-electron chi connectivity index (χ2n) is 6.26. The molecule has 0 unspecified atom stereocenters. The minimum Gasteiger partial charge on any atom is -0.347 e. The molecule has 0 fully saturated rings. The molecule has 3 rings (SSSR count). The summed E-state index contributed by atoms with van der Waals surface area (Å²) < 4.78 is 53.1. The summed E-state index contributed by atoms with van der Waals surface area (Å²) in [5.41, 5.74) is 0.976. The van der Waals surface area contributed by atoms with E-state index in [1.165, 1.54) is 10.9 Å². The molecular weight excluding hydrogens is 376 g/mol. The first-order valence-electron chi connectivity index (χ1n) is 8.32. The summed E-state index contributed by atoms with van der Waals surface area (Å²) in [6.07, 6.45) is -3.23. The van der Waals surface area contributed by atoms with Crippen LogP contribution in [0.4, 0.5) is 17.6 Å². The molecule has 0 aliphatic carbocycles. The number of carbonyl (C=O) groups is 1. The van der Waals surface area contributed by atoms with Crippen LogP contribution in [-0.4, -0.2) is 20.9 Å². The number of hydrogen-bond donors (Lipinski definition) is 1. The van der Waals surface area contributed by atoms with Crippen molar-refractivity contribution >= 4 is 5.91 Å². The third-order valence-electron chi connectivity index (χ3n) is 4.10. The number of aryl methyl sites for hydroxylation is 1. The third kappa shape index (κ3) is 4.73. The first-order chi connectivity index (χ1) is 13.2. The minimum atomic E-state index is -4.67. The highest BCUT2D eigenvalue weighted by Crippen LogP contribution is 2.30. The lowest BCUT2D eigenvalue weighted by Gasteiger charge is -2.10. The van der Waals surface area contributed by atoms with Crippen LogP contribution < -0.4 is 5.32 Å². The average Bonchev–Trinajstić information content (AvgIpc) is 3.09. The summed E-state index contributed by atoms with van der Waals surface area (Å²) in [4.78, 5) is 12.2. The van der Waals surface area contributed by atoms with E-state index in [1.807, 2.05) is 31.2 Å². The van der Waals surface area contributed by atoms with E-state index in [2.05, 4.69) is 15.6 Å². The summed E-state index contributed by atoms with van der Waals surface area (Å²) in [5.74, 6) is -1.64.